The summed E-state index contributed by atoms with van der Waals surface area (Å²) in [5, 5.41) is 26.0. The van der Waals surface area contributed by atoms with Crippen LogP contribution in [0.2, 0.25) is 0 Å². The van der Waals surface area contributed by atoms with Gasteiger partial charge in [0.25, 0.3) is 0 Å². The number of halogens is 3. The molecule has 0 aliphatic heterocycles. The number of hydrogen-bond donors (Lipinski definition) is 0. The Morgan fingerprint density at radius 1 is 0.702 bits per heavy atom. The zero-order chi connectivity index (χ0) is 33.8. The summed E-state index contributed by atoms with van der Waals surface area (Å²) in [4.78, 5) is 8.03. The van der Waals surface area contributed by atoms with Gasteiger partial charge in [-0.3, -0.25) is 0 Å². The molecule has 0 aliphatic carbocycles. The van der Waals surface area contributed by atoms with E-state index in [1.165, 1.54) is 35.1 Å². The van der Waals surface area contributed by atoms with Crippen LogP contribution in [0.5, 0.6) is 0 Å². The first-order valence-corrected chi connectivity index (χ1v) is 14.5. The van der Waals surface area contributed by atoms with E-state index >= 15 is 0 Å². The van der Waals surface area contributed by atoms with Crippen molar-refractivity contribution in [2.24, 2.45) is 0 Å². The van der Waals surface area contributed by atoms with E-state index in [-0.39, 0.29) is 11.1 Å². The molecule has 4 heterocycles. The summed E-state index contributed by atoms with van der Waals surface area (Å²) in [7, 11) is 0. The summed E-state index contributed by atoms with van der Waals surface area (Å²) in [6, 6.07) is 23.2. The maximum absolute atomic E-state index is 13.6. The zero-order valence-corrected chi connectivity index (χ0v) is 26.6. The lowest BCUT2D eigenvalue weighted by molar-refractivity contribution is 0.624. The molecule has 8 nitrogen and oxygen atoms in total. The van der Waals surface area contributed by atoms with Crippen molar-refractivity contribution in [2.45, 2.75) is 13.8 Å². The summed E-state index contributed by atoms with van der Waals surface area (Å²) in [6.45, 7) is 3.63. The number of rotatable bonds is 2. The fraction of sp³-hybridized carbons (Fsp3) is 0.0556. The van der Waals surface area contributed by atoms with Crippen LogP contribution in [0.4, 0.5) is 8.78 Å². The van der Waals surface area contributed by atoms with Crippen molar-refractivity contribution in [3.63, 3.8) is 0 Å². The quantitative estimate of drug-likeness (QED) is 0.144. The van der Waals surface area contributed by atoms with Crippen LogP contribution in [0.1, 0.15) is 39.3 Å². The Hall–Kier alpha value is -6.40. The second-order valence-electron chi connectivity index (χ2n) is 9.49. The van der Waals surface area contributed by atoms with Gasteiger partial charge in [0.15, 0.2) is 0 Å². The number of nitriles is 2. The minimum absolute atomic E-state index is 0.246. The fourth-order valence-corrected chi connectivity index (χ4v) is 4.31. The van der Waals surface area contributed by atoms with Gasteiger partial charge in [0.1, 0.15) is 21.9 Å². The Morgan fingerprint density at radius 2 is 1.23 bits per heavy atom. The normalized spacial score (nSPS) is 9.57. The van der Waals surface area contributed by atoms with E-state index in [0.717, 1.165) is 21.6 Å². The lowest BCUT2D eigenvalue weighted by Crippen LogP contribution is -2.00. The largest absolute Gasteiger partial charge is 0.249 e. The van der Waals surface area contributed by atoms with Crippen LogP contribution in [-0.4, -0.2) is 29.5 Å². The first-order valence-electron chi connectivity index (χ1n) is 13.7. The lowest BCUT2D eigenvalue weighted by Gasteiger charge is -2.05. The summed E-state index contributed by atoms with van der Waals surface area (Å²) < 4.78 is 30.8. The molecular formula is C36H23BrF2N8. The van der Waals surface area contributed by atoms with E-state index < -0.39 is 11.6 Å². The van der Waals surface area contributed by atoms with Crippen LogP contribution >= 0.6 is 15.9 Å². The molecule has 0 unspecified atom stereocenters. The molecule has 228 valence electrons. The molecule has 6 aromatic rings. The van der Waals surface area contributed by atoms with Crippen LogP contribution in [0.15, 0.2) is 102 Å². The number of nitrogens with zero attached hydrogens (tertiary/aromatic N) is 8. The number of pyridine rings is 2. The minimum Gasteiger partial charge on any atom is -0.249 e. The highest BCUT2D eigenvalue weighted by molar-refractivity contribution is 9.10. The Labute approximate surface area is 278 Å². The van der Waals surface area contributed by atoms with E-state index in [9.17, 15) is 8.78 Å². The van der Waals surface area contributed by atoms with E-state index in [0.29, 0.717) is 22.6 Å². The van der Waals surface area contributed by atoms with Gasteiger partial charge < -0.3 is 0 Å². The first-order chi connectivity index (χ1) is 22.7. The SMILES string of the molecule is Brc1ccccn1.C#Cc1cnn(-c2cc(F)cc(C#N)c2)c1C.Cc1c(C#Cc2ccccn2)cnn1-c1cc(F)cc(C#N)c1. The molecule has 0 saturated carbocycles. The van der Waals surface area contributed by atoms with Gasteiger partial charge in [0.2, 0.25) is 0 Å². The van der Waals surface area contributed by atoms with Crippen LogP contribution in [-0.2, 0) is 0 Å². The zero-order valence-electron chi connectivity index (χ0n) is 25.0. The molecule has 0 fully saturated rings. The molecule has 0 spiro atoms. The number of terminal acetylenes is 1. The highest BCUT2D eigenvalue weighted by Gasteiger charge is 2.10. The van der Waals surface area contributed by atoms with Crippen molar-refractivity contribution >= 4 is 15.9 Å². The van der Waals surface area contributed by atoms with Gasteiger partial charge in [0, 0.05) is 12.4 Å². The summed E-state index contributed by atoms with van der Waals surface area (Å²) in [6.07, 6.45) is 11.9. The average molecular weight is 686 g/mol. The molecule has 6 rings (SSSR count). The Morgan fingerprint density at radius 3 is 1.66 bits per heavy atom. The van der Waals surface area contributed by atoms with E-state index in [4.69, 9.17) is 16.9 Å². The number of aromatic nitrogens is 6. The summed E-state index contributed by atoms with van der Waals surface area (Å²) >= 11 is 3.20. The topological polar surface area (TPSA) is 109 Å². The third-order valence-electron chi connectivity index (χ3n) is 6.31. The summed E-state index contributed by atoms with van der Waals surface area (Å²) in [5.41, 5.74) is 5.01. The van der Waals surface area contributed by atoms with Crippen LogP contribution < -0.4 is 0 Å². The molecule has 0 radical (unpaired) electrons. The summed E-state index contributed by atoms with van der Waals surface area (Å²) in [5.74, 6) is 7.50. The molecule has 11 heteroatoms. The number of hydrogen-bond acceptors (Lipinski definition) is 6. The molecule has 4 aromatic heterocycles. The van der Waals surface area contributed by atoms with Gasteiger partial charge in [-0.05, 0) is 96.4 Å². The van der Waals surface area contributed by atoms with Crippen molar-refractivity contribution in [3.05, 3.63) is 153 Å². The molecule has 0 saturated heterocycles. The first kappa shape index (κ1) is 33.5. The smallest absolute Gasteiger partial charge is 0.126 e. The Bertz CT molecular complexity index is 2190. The second kappa shape index (κ2) is 16.1. The van der Waals surface area contributed by atoms with Gasteiger partial charge in [-0.25, -0.2) is 28.1 Å². The standard InChI is InChI=1S/C18H11FN4.C13H8FN3.C5H4BrN/c1-13-15(5-6-17-4-2-3-7-21-17)12-22-23(13)18-9-14(11-20)8-16(19)10-18;1-3-11-8-16-17(9(11)2)13-5-10(7-15)4-12(14)6-13;6-5-3-1-2-4-7-5/h2-4,7-10,12H,1H3;1,4-6,8H,2H3;1-4H. The molecule has 0 N–H and O–H groups in total. The molecule has 47 heavy (non-hydrogen) atoms. The molecule has 0 aliphatic rings. The average Bonchev–Trinajstić information content (AvgIpc) is 3.65. The van der Waals surface area contributed by atoms with Crippen molar-refractivity contribution in [1.82, 2.24) is 29.5 Å². The lowest BCUT2D eigenvalue weighted by atomic mass is 10.2. The van der Waals surface area contributed by atoms with Crippen molar-refractivity contribution in [1.29, 1.82) is 10.5 Å². The maximum Gasteiger partial charge on any atom is 0.126 e. The molecular weight excluding hydrogens is 662 g/mol. The third kappa shape index (κ3) is 9.06. The highest BCUT2D eigenvalue weighted by Crippen LogP contribution is 2.18. The fourth-order valence-electron chi connectivity index (χ4n) is 4.04. The minimum atomic E-state index is -0.477. The molecule has 0 atom stereocenters. The Balaban J connectivity index is 0.000000182. The van der Waals surface area contributed by atoms with Crippen LogP contribution in [0.25, 0.3) is 11.4 Å². The van der Waals surface area contributed by atoms with Crippen molar-refractivity contribution < 1.29 is 8.78 Å². The van der Waals surface area contributed by atoms with Crippen molar-refractivity contribution in [3.8, 4) is 47.7 Å². The van der Waals surface area contributed by atoms with Gasteiger partial charge in [0.05, 0.1) is 69.5 Å². The van der Waals surface area contributed by atoms with Crippen LogP contribution in [0.3, 0.4) is 0 Å². The second-order valence-corrected chi connectivity index (χ2v) is 10.3. The van der Waals surface area contributed by atoms with Gasteiger partial charge >= 0.3 is 0 Å². The Kier molecular flexibility index (Phi) is 11.4. The third-order valence-corrected chi connectivity index (χ3v) is 6.78. The van der Waals surface area contributed by atoms with Gasteiger partial charge in [-0.15, -0.1) is 6.42 Å². The molecule has 0 bridgehead atoms. The predicted octanol–water partition coefficient (Wildman–Crippen LogP) is 7.00. The number of benzene rings is 2. The molecule has 2 aromatic carbocycles. The monoisotopic (exact) mass is 684 g/mol. The molecule has 0 amide bonds. The van der Waals surface area contributed by atoms with E-state index in [1.54, 1.807) is 42.3 Å². The van der Waals surface area contributed by atoms with Crippen LogP contribution in [0, 0.1) is 72.3 Å². The predicted molar refractivity (Wildman–Crippen MR) is 176 cm³/mol. The highest BCUT2D eigenvalue weighted by atomic mass is 79.9. The van der Waals surface area contributed by atoms with Gasteiger partial charge in [-0.2, -0.15) is 20.7 Å². The van der Waals surface area contributed by atoms with E-state index in [2.05, 4.69) is 53.9 Å². The van der Waals surface area contributed by atoms with Gasteiger partial charge in [-0.1, -0.05) is 24.0 Å². The van der Waals surface area contributed by atoms with E-state index in [1.807, 2.05) is 55.5 Å². The maximum atomic E-state index is 13.6. The van der Waals surface area contributed by atoms with Crippen molar-refractivity contribution in [2.75, 3.05) is 0 Å².